The lowest BCUT2D eigenvalue weighted by Crippen LogP contribution is -2.40. The molecule has 1 fully saturated rings. The highest BCUT2D eigenvalue weighted by atomic mass is 35.5. The number of likely N-dealkylation sites (tertiary alicyclic amines) is 1. The molecule has 2 rings (SSSR count). The van der Waals surface area contributed by atoms with Crippen molar-refractivity contribution in [3.8, 4) is 0 Å². The number of carbonyl (C=O) groups is 1. The summed E-state index contributed by atoms with van der Waals surface area (Å²) in [5.41, 5.74) is 6.53. The number of carbonyl (C=O) groups excluding carboxylic acids is 1. The molecule has 1 saturated heterocycles. The van der Waals surface area contributed by atoms with Gasteiger partial charge in [0.05, 0.1) is 6.54 Å². The molecule has 0 bridgehead atoms. The highest BCUT2D eigenvalue weighted by molar-refractivity contribution is 6.30. The Morgan fingerprint density at radius 2 is 2.17 bits per heavy atom. The highest BCUT2D eigenvalue weighted by Gasteiger charge is 2.23. The van der Waals surface area contributed by atoms with Crippen molar-refractivity contribution >= 4 is 17.5 Å². The second-order valence-corrected chi connectivity index (χ2v) is 5.06. The molecule has 0 spiro atoms. The average Bonchev–Trinajstić information content (AvgIpc) is 2.79. The number of hydrogen-bond acceptors (Lipinski definition) is 3. The fraction of sp³-hybridized carbons (Fsp3) is 0.462. The third-order valence-corrected chi connectivity index (χ3v) is 3.39. The lowest BCUT2D eigenvalue weighted by molar-refractivity contribution is -0.120. The Bertz CT molecular complexity index is 407. The van der Waals surface area contributed by atoms with E-state index in [1.165, 1.54) is 5.56 Å². The Kier molecular flexibility index (Phi) is 4.58. The molecule has 4 nitrogen and oxygen atoms in total. The number of nitrogens with one attached hydrogen (secondary N) is 1. The van der Waals surface area contributed by atoms with Crippen LogP contribution >= 0.6 is 11.6 Å². The van der Waals surface area contributed by atoms with E-state index in [1.807, 2.05) is 24.3 Å². The maximum Gasteiger partial charge on any atom is 0.233 e. The molecule has 0 aromatic heterocycles. The van der Waals surface area contributed by atoms with Crippen LogP contribution in [0.3, 0.4) is 0 Å². The van der Waals surface area contributed by atoms with Gasteiger partial charge in [0.2, 0.25) is 5.91 Å². The van der Waals surface area contributed by atoms with E-state index in [0.29, 0.717) is 0 Å². The Balaban J connectivity index is 1.82. The van der Waals surface area contributed by atoms with Gasteiger partial charge in [-0.1, -0.05) is 23.7 Å². The van der Waals surface area contributed by atoms with Crippen LogP contribution in [0.2, 0.25) is 5.02 Å². The minimum atomic E-state index is -0.0756. The Morgan fingerprint density at radius 1 is 1.44 bits per heavy atom. The summed E-state index contributed by atoms with van der Waals surface area (Å²) in [6, 6.07) is 8.11. The van der Waals surface area contributed by atoms with Crippen molar-refractivity contribution in [2.45, 2.75) is 19.0 Å². The Labute approximate surface area is 112 Å². The summed E-state index contributed by atoms with van der Waals surface area (Å²) in [4.78, 5) is 13.5. The van der Waals surface area contributed by atoms with Gasteiger partial charge >= 0.3 is 0 Å². The minimum Gasteiger partial charge on any atom is -0.351 e. The summed E-state index contributed by atoms with van der Waals surface area (Å²) < 4.78 is 0. The quantitative estimate of drug-likeness (QED) is 0.855. The van der Waals surface area contributed by atoms with Gasteiger partial charge in [0, 0.05) is 30.7 Å². The molecular weight excluding hydrogens is 250 g/mol. The van der Waals surface area contributed by atoms with E-state index in [0.717, 1.165) is 31.1 Å². The van der Waals surface area contributed by atoms with Gasteiger partial charge in [-0.15, -0.1) is 0 Å². The lowest BCUT2D eigenvalue weighted by atomic mass is 10.2. The van der Waals surface area contributed by atoms with E-state index in [4.69, 9.17) is 17.3 Å². The Morgan fingerprint density at radius 3 is 2.83 bits per heavy atom. The molecule has 98 valence electrons. The second-order valence-electron chi connectivity index (χ2n) is 4.62. The van der Waals surface area contributed by atoms with Crippen LogP contribution in [0.4, 0.5) is 0 Å². The molecule has 1 heterocycles. The molecule has 3 N–H and O–H groups in total. The van der Waals surface area contributed by atoms with E-state index in [1.54, 1.807) is 0 Å². The van der Waals surface area contributed by atoms with E-state index >= 15 is 0 Å². The van der Waals surface area contributed by atoms with Crippen molar-refractivity contribution in [1.29, 1.82) is 0 Å². The van der Waals surface area contributed by atoms with E-state index in [2.05, 4.69) is 10.2 Å². The number of benzene rings is 1. The van der Waals surface area contributed by atoms with Gasteiger partial charge in [-0.3, -0.25) is 9.69 Å². The zero-order chi connectivity index (χ0) is 13.0. The predicted octanol–water partition coefficient (Wildman–Crippen LogP) is 0.989. The molecule has 1 amide bonds. The summed E-state index contributed by atoms with van der Waals surface area (Å²) in [7, 11) is 0. The number of halogens is 1. The number of rotatable bonds is 4. The molecule has 0 aliphatic carbocycles. The molecule has 0 saturated carbocycles. The van der Waals surface area contributed by atoms with Gasteiger partial charge in [-0.25, -0.2) is 0 Å². The van der Waals surface area contributed by atoms with Crippen LogP contribution in [0.1, 0.15) is 12.0 Å². The fourth-order valence-electron chi connectivity index (χ4n) is 2.23. The zero-order valence-electron chi connectivity index (χ0n) is 10.2. The summed E-state index contributed by atoms with van der Waals surface area (Å²) in [6.45, 7) is 2.84. The van der Waals surface area contributed by atoms with Crippen LogP contribution in [0.5, 0.6) is 0 Å². The van der Waals surface area contributed by atoms with Gasteiger partial charge in [0.15, 0.2) is 0 Å². The largest absolute Gasteiger partial charge is 0.351 e. The smallest absolute Gasteiger partial charge is 0.233 e. The van der Waals surface area contributed by atoms with Gasteiger partial charge in [-0.2, -0.15) is 0 Å². The summed E-state index contributed by atoms with van der Waals surface area (Å²) >= 11 is 5.85. The van der Waals surface area contributed by atoms with Crippen LogP contribution in [0.25, 0.3) is 0 Å². The second kappa shape index (κ2) is 6.18. The van der Waals surface area contributed by atoms with Gasteiger partial charge in [0.1, 0.15) is 0 Å². The monoisotopic (exact) mass is 267 g/mol. The maximum atomic E-state index is 11.2. The molecule has 0 unspecified atom stereocenters. The van der Waals surface area contributed by atoms with Crippen LogP contribution in [0, 0.1) is 0 Å². The fourth-order valence-corrected chi connectivity index (χ4v) is 2.35. The van der Waals surface area contributed by atoms with Gasteiger partial charge in [-0.05, 0) is 24.1 Å². The molecule has 1 aliphatic rings. The van der Waals surface area contributed by atoms with Gasteiger partial charge in [0.25, 0.3) is 0 Å². The first-order chi connectivity index (χ1) is 8.67. The van der Waals surface area contributed by atoms with Crippen molar-refractivity contribution in [3.63, 3.8) is 0 Å². The number of nitrogens with zero attached hydrogens (tertiary/aromatic N) is 1. The van der Waals surface area contributed by atoms with Crippen LogP contribution < -0.4 is 11.1 Å². The molecule has 1 aliphatic heterocycles. The normalized spacial score (nSPS) is 20.0. The van der Waals surface area contributed by atoms with E-state index in [-0.39, 0.29) is 18.5 Å². The number of hydrogen-bond donors (Lipinski definition) is 2. The minimum absolute atomic E-state index is 0.0632. The third kappa shape index (κ3) is 3.70. The van der Waals surface area contributed by atoms with E-state index < -0.39 is 0 Å². The molecule has 1 aromatic rings. The predicted molar refractivity (Wildman–Crippen MR) is 72.3 cm³/mol. The first-order valence-electron chi connectivity index (χ1n) is 6.13. The highest BCUT2D eigenvalue weighted by Crippen LogP contribution is 2.15. The number of nitrogens with two attached hydrogens (primary N) is 1. The summed E-state index contributed by atoms with van der Waals surface area (Å²) in [5.74, 6) is -0.0756. The van der Waals surface area contributed by atoms with Crippen molar-refractivity contribution in [2.75, 3.05) is 19.6 Å². The molecule has 5 heteroatoms. The number of amides is 1. The zero-order valence-corrected chi connectivity index (χ0v) is 11.0. The first-order valence-corrected chi connectivity index (χ1v) is 6.51. The summed E-state index contributed by atoms with van der Waals surface area (Å²) in [6.07, 6.45) is 0.985. The Hall–Kier alpha value is -1.10. The standard InChI is InChI=1S/C13H18ClN3O/c14-11-3-1-10(2-4-11)8-17-6-5-12(9-17)16-13(18)7-15/h1-4,12H,5-9,15H2,(H,16,18)/t12-/m1/s1. The summed E-state index contributed by atoms with van der Waals surface area (Å²) in [5, 5.41) is 3.68. The van der Waals surface area contributed by atoms with Gasteiger partial charge < -0.3 is 11.1 Å². The van der Waals surface area contributed by atoms with E-state index in [9.17, 15) is 4.79 Å². The van der Waals surface area contributed by atoms with Crippen molar-refractivity contribution in [2.24, 2.45) is 5.73 Å². The molecular formula is C13H18ClN3O. The van der Waals surface area contributed by atoms with Crippen molar-refractivity contribution in [1.82, 2.24) is 10.2 Å². The maximum absolute atomic E-state index is 11.2. The molecule has 1 aromatic carbocycles. The van der Waals surface area contributed by atoms with Crippen LogP contribution in [-0.2, 0) is 11.3 Å². The molecule has 0 radical (unpaired) electrons. The van der Waals surface area contributed by atoms with Crippen LogP contribution in [0.15, 0.2) is 24.3 Å². The third-order valence-electron chi connectivity index (χ3n) is 3.14. The molecule has 1 atom stereocenters. The van der Waals surface area contributed by atoms with Crippen molar-refractivity contribution in [3.05, 3.63) is 34.9 Å². The lowest BCUT2D eigenvalue weighted by Gasteiger charge is -2.16. The SMILES string of the molecule is NCC(=O)N[C@@H]1CCN(Cc2ccc(Cl)cc2)C1. The van der Waals surface area contributed by atoms with Crippen LogP contribution in [-0.4, -0.2) is 36.5 Å². The molecule has 18 heavy (non-hydrogen) atoms. The van der Waals surface area contributed by atoms with Crippen molar-refractivity contribution < 1.29 is 4.79 Å². The topological polar surface area (TPSA) is 58.4 Å². The first kappa shape index (κ1) is 13.3. The average molecular weight is 268 g/mol.